The first-order chi connectivity index (χ1) is 12.7. The van der Waals surface area contributed by atoms with Gasteiger partial charge in [-0.3, -0.25) is 4.79 Å². The van der Waals surface area contributed by atoms with E-state index in [0.29, 0.717) is 13.0 Å². The number of amides is 1. The van der Waals surface area contributed by atoms with Crippen LogP contribution in [-0.4, -0.2) is 12.5 Å². The quantitative estimate of drug-likeness (QED) is 0.650. The van der Waals surface area contributed by atoms with Crippen LogP contribution >= 0.6 is 0 Å². The summed E-state index contributed by atoms with van der Waals surface area (Å²) < 4.78 is 2.18. The van der Waals surface area contributed by atoms with Gasteiger partial charge in [-0.05, 0) is 23.1 Å². The molecule has 0 atom stereocenters. The van der Waals surface area contributed by atoms with Crippen molar-refractivity contribution in [1.29, 1.82) is 0 Å². The largest absolute Gasteiger partial charge is 0.356 e. The fourth-order valence-electron chi connectivity index (χ4n) is 2.88. The Balaban J connectivity index is 1.59. The maximum Gasteiger partial charge on any atom is 0.219 e. The number of pyridine rings is 1. The van der Waals surface area contributed by atoms with Crippen LogP contribution in [0.15, 0.2) is 79.1 Å². The van der Waals surface area contributed by atoms with Crippen molar-refractivity contribution in [2.75, 3.05) is 6.54 Å². The first-order valence-electron chi connectivity index (χ1n) is 9.13. The Morgan fingerprint density at radius 3 is 2.15 bits per heavy atom. The van der Waals surface area contributed by atoms with Crippen LogP contribution in [-0.2, 0) is 17.8 Å². The van der Waals surface area contributed by atoms with Gasteiger partial charge in [0.05, 0.1) is 0 Å². The fourth-order valence-corrected chi connectivity index (χ4v) is 2.88. The van der Waals surface area contributed by atoms with E-state index in [4.69, 9.17) is 0 Å². The summed E-state index contributed by atoms with van der Waals surface area (Å²) in [5, 5.41) is 2.91. The molecular formula is C23H25N2O+. The summed E-state index contributed by atoms with van der Waals surface area (Å²) in [7, 11) is 0. The Hall–Kier alpha value is -2.94. The average Bonchev–Trinajstić information content (AvgIpc) is 2.70. The highest BCUT2D eigenvalue weighted by atomic mass is 16.1. The van der Waals surface area contributed by atoms with E-state index < -0.39 is 0 Å². The molecule has 0 saturated heterocycles. The predicted octanol–water partition coefficient (Wildman–Crippen LogP) is 3.76. The maximum absolute atomic E-state index is 11.3. The van der Waals surface area contributed by atoms with Crippen molar-refractivity contribution >= 4 is 5.91 Å². The molecule has 0 bridgehead atoms. The minimum atomic E-state index is 0.106. The molecule has 1 N–H and O–H groups in total. The Kier molecular flexibility index (Phi) is 6.15. The molecule has 0 saturated carbocycles. The van der Waals surface area contributed by atoms with Gasteiger partial charge in [0.25, 0.3) is 0 Å². The molecule has 1 amide bonds. The number of aromatic nitrogens is 1. The van der Waals surface area contributed by atoms with Crippen molar-refractivity contribution in [2.24, 2.45) is 0 Å². The minimum absolute atomic E-state index is 0.106. The van der Waals surface area contributed by atoms with E-state index in [1.807, 2.05) is 13.0 Å². The third-order valence-electron chi connectivity index (χ3n) is 4.44. The average molecular weight is 345 g/mol. The van der Waals surface area contributed by atoms with Crippen molar-refractivity contribution in [3.8, 4) is 11.1 Å². The molecule has 1 aromatic heterocycles. The molecule has 0 fully saturated rings. The number of carbonyl (C=O) groups excluding carboxylic acids is 1. The first-order valence-corrected chi connectivity index (χ1v) is 9.13. The maximum atomic E-state index is 11.3. The smallest absolute Gasteiger partial charge is 0.219 e. The lowest BCUT2D eigenvalue weighted by molar-refractivity contribution is -0.688. The molecule has 26 heavy (non-hydrogen) atoms. The molecule has 132 valence electrons. The summed E-state index contributed by atoms with van der Waals surface area (Å²) in [6.07, 6.45) is 5.64. The monoisotopic (exact) mass is 345 g/mol. The highest BCUT2D eigenvalue weighted by Gasteiger charge is 2.05. The van der Waals surface area contributed by atoms with E-state index in [2.05, 4.69) is 82.9 Å². The Labute approximate surface area is 155 Å². The second kappa shape index (κ2) is 8.95. The summed E-state index contributed by atoms with van der Waals surface area (Å²) in [6, 6.07) is 23.3. The molecular weight excluding hydrogens is 320 g/mol. The molecule has 0 aliphatic heterocycles. The van der Waals surface area contributed by atoms with Gasteiger partial charge in [-0.25, -0.2) is 4.57 Å². The molecule has 0 radical (unpaired) electrons. The van der Waals surface area contributed by atoms with Gasteiger partial charge in [-0.2, -0.15) is 0 Å². The van der Waals surface area contributed by atoms with Crippen molar-refractivity contribution in [2.45, 2.75) is 26.3 Å². The summed E-state index contributed by atoms with van der Waals surface area (Å²) in [6.45, 7) is 3.44. The van der Waals surface area contributed by atoms with E-state index in [-0.39, 0.29) is 5.91 Å². The molecule has 0 spiro atoms. The van der Waals surface area contributed by atoms with Gasteiger partial charge in [0.1, 0.15) is 0 Å². The van der Waals surface area contributed by atoms with Gasteiger partial charge in [0, 0.05) is 30.7 Å². The van der Waals surface area contributed by atoms with Gasteiger partial charge in [0.2, 0.25) is 5.91 Å². The van der Waals surface area contributed by atoms with Crippen LogP contribution in [0.1, 0.15) is 24.5 Å². The van der Waals surface area contributed by atoms with Crippen LogP contribution in [0.4, 0.5) is 0 Å². The van der Waals surface area contributed by atoms with Gasteiger partial charge in [-0.1, -0.05) is 61.5 Å². The Morgan fingerprint density at radius 2 is 1.50 bits per heavy atom. The summed E-state index contributed by atoms with van der Waals surface area (Å²) in [5.74, 6) is 0.106. The molecule has 3 nitrogen and oxygen atoms in total. The number of carbonyl (C=O) groups is 1. The lowest BCUT2D eigenvalue weighted by Crippen LogP contribution is -2.32. The summed E-state index contributed by atoms with van der Waals surface area (Å²) >= 11 is 0. The third kappa shape index (κ3) is 5.03. The minimum Gasteiger partial charge on any atom is -0.356 e. The fraction of sp³-hybridized carbons (Fsp3) is 0.217. The molecule has 2 aromatic carbocycles. The zero-order chi connectivity index (χ0) is 18.2. The van der Waals surface area contributed by atoms with Crippen molar-refractivity contribution in [1.82, 2.24) is 5.32 Å². The van der Waals surface area contributed by atoms with Crippen LogP contribution in [0.3, 0.4) is 0 Å². The number of hydrogen-bond acceptors (Lipinski definition) is 1. The lowest BCUT2D eigenvalue weighted by Gasteiger charge is -2.06. The highest BCUT2D eigenvalue weighted by Crippen LogP contribution is 2.18. The van der Waals surface area contributed by atoms with Crippen molar-refractivity contribution in [3.05, 3.63) is 90.3 Å². The van der Waals surface area contributed by atoms with Crippen molar-refractivity contribution < 1.29 is 9.36 Å². The third-order valence-corrected chi connectivity index (χ3v) is 4.44. The molecule has 3 heteroatoms. The second-order valence-corrected chi connectivity index (χ2v) is 6.40. The summed E-state index contributed by atoms with van der Waals surface area (Å²) in [5.41, 5.74) is 4.95. The second-order valence-electron chi connectivity index (χ2n) is 6.40. The lowest BCUT2D eigenvalue weighted by atomic mass is 10.0. The van der Waals surface area contributed by atoms with Gasteiger partial charge in [-0.15, -0.1) is 0 Å². The molecule has 3 aromatic rings. The van der Waals surface area contributed by atoms with Crippen LogP contribution in [0, 0.1) is 0 Å². The zero-order valence-corrected chi connectivity index (χ0v) is 15.2. The van der Waals surface area contributed by atoms with E-state index in [1.54, 1.807) is 0 Å². The van der Waals surface area contributed by atoms with E-state index in [1.165, 1.54) is 22.3 Å². The number of nitrogens with zero attached hydrogens (tertiary/aromatic N) is 1. The Bertz CT molecular complexity index is 824. The SMILES string of the molecule is CCC(=O)NCCc1ccc(-c2cc[n+](Cc3ccccc3)cc2)cc1. The summed E-state index contributed by atoms with van der Waals surface area (Å²) in [4.78, 5) is 11.3. The van der Waals surface area contributed by atoms with Gasteiger partial charge in [0.15, 0.2) is 18.9 Å². The topological polar surface area (TPSA) is 33.0 Å². The normalized spacial score (nSPS) is 10.5. The van der Waals surface area contributed by atoms with E-state index in [9.17, 15) is 4.79 Å². The van der Waals surface area contributed by atoms with E-state index in [0.717, 1.165) is 13.0 Å². The number of benzene rings is 2. The zero-order valence-electron chi connectivity index (χ0n) is 15.2. The number of hydrogen-bond donors (Lipinski definition) is 1. The van der Waals surface area contributed by atoms with Crippen LogP contribution < -0.4 is 9.88 Å². The molecule has 3 rings (SSSR count). The standard InChI is InChI=1S/C23H24N2O/c1-2-23(26)24-15-12-19-8-10-21(11-9-19)22-13-16-25(17-14-22)18-20-6-4-3-5-7-20/h3-11,13-14,16-17H,2,12,15,18H2,1H3/p+1. The Morgan fingerprint density at radius 1 is 0.846 bits per heavy atom. The number of rotatable bonds is 7. The van der Waals surface area contributed by atoms with Gasteiger partial charge >= 0.3 is 0 Å². The predicted molar refractivity (Wildman–Crippen MR) is 105 cm³/mol. The van der Waals surface area contributed by atoms with Crippen LogP contribution in [0.25, 0.3) is 11.1 Å². The molecule has 0 unspecified atom stereocenters. The first kappa shape index (κ1) is 17.9. The van der Waals surface area contributed by atoms with Crippen LogP contribution in [0.5, 0.6) is 0 Å². The van der Waals surface area contributed by atoms with Crippen molar-refractivity contribution in [3.63, 3.8) is 0 Å². The van der Waals surface area contributed by atoms with Gasteiger partial charge < -0.3 is 5.32 Å². The molecule has 0 aliphatic carbocycles. The highest BCUT2D eigenvalue weighted by molar-refractivity contribution is 5.75. The van der Waals surface area contributed by atoms with Crippen LogP contribution in [0.2, 0.25) is 0 Å². The number of nitrogens with one attached hydrogen (secondary N) is 1. The molecule has 1 heterocycles. The van der Waals surface area contributed by atoms with E-state index >= 15 is 0 Å². The molecule has 0 aliphatic rings.